The van der Waals surface area contributed by atoms with Gasteiger partial charge in [-0.05, 0) is 74.0 Å². The topological polar surface area (TPSA) is 100 Å². The van der Waals surface area contributed by atoms with Gasteiger partial charge in [0.15, 0.2) is 0 Å². The molecular weight excluding hydrogens is 336 g/mol. The lowest BCUT2D eigenvalue weighted by Crippen LogP contribution is -2.50. The molecule has 6 heteroatoms. The highest BCUT2D eigenvalue weighted by molar-refractivity contribution is 5.79. The third-order valence-electron chi connectivity index (χ3n) is 6.93. The van der Waals surface area contributed by atoms with Crippen molar-refractivity contribution in [1.29, 1.82) is 0 Å². The Bertz CT molecular complexity index is 787. The number of hydrazine groups is 1. The summed E-state index contributed by atoms with van der Waals surface area (Å²) in [4.78, 5) is 4.30. The summed E-state index contributed by atoms with van der Waals surface area (Å²) < 4.78 is 0. The van der Waals surface area contributed by atoms with E-state index < -0.39 is 5.79 Å². The Labute approximate surface area is 160 Å². The first kappa shape index (κ1) is 17.2. The summed E-state index contributed by atoms with van der Waals surface area (Å²) in [5.41, 5.74) is 21.6. The van der Waals surface area contributed by atoms with Gasteiger partial charge in [-0.25, -0.2) is 4.99 Å². The lowest BCUT2D eigenvalue weighted by molar-refractivity contribution is 0.366. The van der Waals surface area contributed by atoms with Gasteiger partial charge in [0, 0.05) is 11.6 Å². The molecule has 6 nitrogen and oxygen atoms in total. The zero-order valence-electron chi connectivity index (χ0n) is 15.7. The monoisotopic (exact) mass is 366 g/mol. The number of rotatable bonds is 4. The molecule has 7 N–H and O–H groups in total. The van der Waals surface area contributed by atoms with E-state index in [0.29, 0.717) is 12.0 Å². The molecule has 0 saturated heterocycles. The Hall–Kier alpha value is -1.89. The molecule has 0 amide bonds. The van der Waals surface area contributed by atoms with Gasteiger partial charge in [0.05, 0.1) is 0 Å². The van der Waals surface area contributed by atoms with E-state index in [1.807, 2.05) is 0 Å². The van der Waals surface area contributed by atoms with Crippen molar-refractivity contribution in [3.8, 4) is 0 Å². The molecule has 1 aliphatic heterocycles. The van der Waals surface area contributed by atoms with Crippen LogP contribution in [0.25, 0.3) is 0 Å². The summed E-state index contributed by atoms with van der Waals surface area (Å²) in [5.74, 6) is 1.89. The largest absolute Gasteiger partial charge is 0.369 e. The number of nitrogens with one attached hydrogen (secondary N) is 3. The molecule has 2 bridgehead atoms. The van der Waals surface area contributed by atoms with Gasteiger partial charge in [0.25, 0.3) is 0 Å². The summed E-state index contributed by atoms with van der Waals surface area (Å²) in [6, 6.07) is 7.10. The van der Waals surface area contributed by atoms with Gasteiger partial charge in [-0.2, -0.15) is 5.43 Å². The number of nitrogens with zero attached hydrogens (tertiary/aromatic N) is 1. The van der Waals surface area contributed by atoms with Crippen LogP contribution in [0.3, 0.4) is 0 Å². The van der Waals surface area contributed by atoms with Gasteiger partial charge in [-0.3, -0.25) is 11.2 Å². The molecule has 0 spiro atoms. The van der Waals surface area contributed by atoms with Gasteiger partial charge in [0.2, 0.25) is 11.7 Å². The van der Waals surface area contributed by atoms with Crippen molar-refractivity contribution in [3.63, 3.8) is 0 Å². The fourth-order valence-electron chi connectivity index (χ4n) is 5.34. The molecule has 1 fully saturated rings. The molecule has 5 rings (SSSR count). The van der Waals surface area contributed by atoms with Gasteiger partial charge in [0.1, 0.15) is 0 Å². The molecule has 1 aromatic carbocycles. The van der Waals surface area contributed by atoms with Crippen LogP contribution in [0.2, 0.25) is 0 Å². The zero-order chi connectivity index (χ0) is 18.4. The van der Waals surface area contributed by atoms with E-state index in [1.54, 1.807) is 0 Å². The lowest BCUT2D eigenvalue weighted by atomic mass is 9.93. The van der Waals surface area contributed by atoms with Crippen LogP contribution in [0.1, 0.15) is 42.4 Å². The van der Waals surface area contributed by atoms with E-state index in [2.05, 4.69) is 51.5 Å². The van der Waals surface area contributed by atoms with E-state index in [9.17, 15) is 0 Å². The van der Waals surface area contributed by atoms with Crippen molar-refractivity contribution in [3.05, 3.63) is 47.0 Å². The molecule has 1 heterocycles. The van der Waals surface area contributed by atoms with Gasteiger partial charge >= 0.3 is 0 Å². The first-order valence-electron chi connectivity index (χ1n) is 10.3. The number of allylic oxidation sites excluding steroid dienone is 2. The molecule has 5 atom stereocenters. The van der Waals surface area contributed by atoms with Crippen LogP contribution >= 0.6 is 0 Å². The van der Waals surface area contributed by atoms with Crippen molar-refractivity contribution in [2.24, 2.45) is 34.2 Å². The van der Waals surface area contributed by atoms with Gasteiger partial charge in [-0.1, -0.05) is 30.4 Å². The summed E-state index contributed by atoms with van der Waals surface area (Å²) in [5, 5.41) is 3.89. The van der Waals surface area contributed by atoms with E-state index in [-0.39, 0.29) is 0 Å². The highest BCUT2D eigenvalue weighted by Crippen LogP contribution is 2.43. The molecule has 1 aromatic rings. The van der Waals surface area contributed by atoms with Crippen LogP contribution in [0, 0.1) is 17.8 Å². The minimum Gasteiger partial charge on any atom is -0.369 e. The Morgan fingerprint density at radius 1 is 1.15 bits per heavy atom. The fraction of sp³-hybridized carbons (Fsp3) is 0.571. The standard InChI is InChI=1S/C21H30N6/c22-20-25-21(23,27-26-20)18-6-3-14-4-7-19(8-5-16(14)11-18)24-12-17-10-13-1-2-15(17)9-13/h1-3,6,11,13,15,17,19,24,27H,4-5,7-10,12,23H2,(H3,22,25,26)/t13?,15?,17?,19-,21?/m0/s1. The first-order chi connectivity index (χ1) is 13.1. The Morgan fingerprint density at radius 3 is 2.70 bits per heavy atom. The predicted octanol–water partition coefficient (Wildman–Crippen LogP) is 1.23. The van der Waals surface area contributed by atoms with Gasteiger partial charge in [-0.15, -0.1) is 0 Å². The predicted molar refractivity (Wildman–Crippen MR) is 107 cm³/mol. The van der Waals surface area contributed by atoms with E-state index in [0.717, 1.165) is 36.2 Å². The summed E-state index contributed by atoms with van der Waals surface area (Å²) in [6.07, 6.45) is 12.3. The molecule has 4 unspecified atom stereocenters. The highest BCUT2D eigenvalue weighted by atomic mass is 15.6. The average Bonchev–Trinajstić information content (AvgIpc) is 3.34. The highest BCUT2D eigenvalue weighted by Gasteiger charge is 2.36. The van der Waals surface area contributed by atoms with Gasteiger partial charge < -0.3 is 11.1 Å². The van der Waals surface area contributed by atoms with E-state index >= 15 is 0 Å². The lowest BCUT2D eigenvalue weighted by Gasteiger charge is -2.23. The molecule has 1 saturated carbocycles. The number of benzene rings is 1. The van der Waals surface area contributed by atoms with E-state index in [4.69, 9.17) is 11.5 Å². The van der Waals surface area contributed by atoms with Crippen molar-refractivity contribution >= 4 is 5.96 Å². The zero-order valence-corrected chi connectivity index (χ0v) is 15.7. The van der Waals surface area contributed by atoms with Crippen molar-refractivity contribution in [1.82, 2.24) is 16.2 Å². The van der Waals surface area contributed by atoms with Crippen molar-refractivity contribution in [2.45, 2.75) is 50.4 Å². The molecule has 4 aliphatic rings. The Balaban J connectivity index is 1.23. The molecule has 3 aliphatic carbocycles. The maximum atomic E-state index is 6.36. The first-order valence-corrected chi connectivity index (χ1v) is 10.3. The molecule has 0 radical (unpaired) electrons. The normalized spacial score (nSPS) is 37.0. The second kappa shape index (κ2) is 6.62. The molecule has 0 aromatic heterocycles. The van der Waals surface area contributed by atoms with Crippen molar-refractivity contribution in [2.75, 3.05) is 6.54 Å². The number of hydrogen-bond donors (Lipinski definition) is 5. The minimum absolute atomic E-state index is 0.326. The smallest absolute Gasteiger partial charge is 0.209 e. The SMILES string of the molecule is NC1=NC(N)(c2ccc3c(c2)CC[C@@H](NCC2CC4C=CC2C4)CC3)NN1. The average molecular weight is 367 g/mol. The van der Waals surface area contributed by atoms with Crippen LogP contribution in [-0.4, -0.2) is 18.5 Å². The third kappa shape index (κ3) is 3.26. The Kier molecular flexibility index (Phi) is 4.22. The number of fused-ring (bicyclic) bond motifs is 3. The summed E-state index contributed by atoms with van der Waals surface area (Å²) in [7, 11) is 0. The second-order valence-electron chi connectivity index (χ2n) is 8.72. The van der Waals surface area contributed by atoms with Crippen LogP contribution < -0.4 is 27.6 Å². The summed E-state index contributed by atoms with van der Waals surface area (Å²) in [6.45, 7) is 1.17. The maximum Gasteiger partial charge on any atom is 0.209 e. The minimum atomic E-state index is -0.974. The Morgan fingerprint density at radius 2 is 2.00 bits per heavy atom. The van der Waals surface area contributed by atoms with Crippen molar-refractivity contribution < 1.29 is 0 Å². The number of nitrogens with two attached hydrogens (primary N) is 2. The van der Waals surface area contributed by atoms with Crippen LogP contribution in [0.5, 0.6) is 0 Å². The van der Waals surface area contributed by atoms with E-state index in [1.165, 1.54) is 43.4 Å². The summed E-state index contributed by atoms with van der Waals surface area (Å²) >= 11 is 0. The number of aryl methyl sites for hydroxylation is 2. The second-order valence-corrected chi connectivity index (χ2v) is 8.72. The molecule has 27 heavy (non-hydrogen) atoms. The number of hydrogen-bond acceptors (Lipinski definition) is 6. The quantitative estimate of drug-likeness (QED) is 0.408. The molecule has 144 valence electrons. The van der Waals surface area contributed by atoms with Crippen LogP contribution in [-0.2, 0) is 18.6 Å². The fourth-order valence-corrected chi connectivity index (χ4v) is 5.34. The van der Waals surface area contributed by atoms with Crippen LogP contribution in [0.4, 0.5) is 0 Å². The van der Waals surface area contributed by atoms with Crippen LogP contribution in [0.15, 0.2) is 35.3 Å². The molecular formula is C21H30N6. The number of guanidine groups is 1. The third-order valence-corrected chi connectivity index (χ3v) is 6.93. The maximum absolute atomic E-state index is 6.36. The number of aliphatic imine (C=N–C) groups is 1.